The zero-order chi connectivity index (χ0) is 15.9. The van der Waals surface area contributed by atoms with E-state index in [9.17, 15) is 9.59 Å². The summed E-state index contributed by atoms with van der Waals surface area (Å²) in [6, 6.07) is 0. The second-order valence-corrected chi connectivity index (χ2v) is 5.29. The fraction of sp³-hybridized carbons (Fsp3) is 0.500. The molecule has 2 heterocycles. The Kier molecular flexibility index (Phi) is 5.77. The Morgan fingerprint density at radius 1 is 1.36 bits per heavy atom. The molecule has 6 heteroatoms. The summed E-state index contributed by atoms with van der Waals surface area (Å²) in [6.45, 7) is 2.26. The van der Waals surface area contributed by atoms with E-state index in [0.717, 1.165) is 31.4 Å². The summed E-state index contributed by atoms with van der Waals surface area (Å²) in [5, 5.41) is 0. The van der Waals surface area contributed by atoms with Crippen LogP contribution in [0.2, 0.25) is 0 Å². The summed E-state index contributed by atoms with van der Waals surface area (Å²) in [6.07, 6.45) is 10.8. The number of ether oxygens (including phenoxy) is 3. The molecule has 120 valence electrons. The number of methoxy groups -OCH3 is 1. The van der Waals surface area contributed by atoms with Crippen molar-refractivity contribution in [2.24, 2.45) is 0 Å². The minimum absolute atomic E-state index is 0.0131. The van der Waals surface area contributed by atoms with E-state index < -0.39 is 11.9 Å². The summed E-state index contributed by atoms with van der Waals surface area (Å²) in [7, 11) is 1.25. The predicted molar refractivity (Wildman–Crippen MR) is 79.4 cm³/mol. The Bertz CT molecular complexity index is 509. The van der Waals surface area contributed by atoms with Crippen molar-refractivity contribution >= 4 is 11.9 Å². The molecule has 0 radical (unpaired) electrons. The van der Waals surface area contributed by atoms with Gasteiger partial charge in [0.15, 0.2) is 0 Å². The van der Waals surface area contributed by atoms with Gasteiger partial charge in [0.1, 0.15) is 12.8 Å². The summed E-state index contributed by atoms with van der Waals surface area (Å²) < 4.78 is 15.3. The van der Waals surface area contributed by atoms with Gasteiger partial charge in [-0.25, -0.2) is 9.59 Å². The molecule has 0 spiro atoms. The molecule has 0 aromatic rings. The van der Waals surface area contributed by atoms with Crippen LogP contribution in [0.3, 0.4) is 0 Å². The Morgan fingerprint density at radius 2 is 2.14 bits per heavy atom. The first-order valence-electron chi connectivity index (χ1n) is 7.28. The van der Waals surface area contributed by atoms with Crippen LogP contribution < -0.4 is 0 Å². The van der Waals surface area contributed by atoms with Crippen LogP contribution in [0.4, 0.5) is 0 Å². The lowest BCUT2D eigenvalue weighted by molar-refractivity contribution is -0.143. The number of carbonyl (C=O) groups excluding carboxylic acids is 2. The van der Waals surface area contributed by atoms with Gasteiger partial charge < -0.3 is 19.1 Å². The van der Waals surface area contributed by atoms with Gasteiger partial charge in [0.25, 0.3) is 0 Å². The van der Waals surface area contributed by atoms with E-state index in [1.165, 1.54) is 12.7 Å². The van der Waals surface area contributed by atoms with Gasteiger partial charge in [-0.1, -0.05) is 11.6 Å². The minimum atomic E-state index is -0.590. The highest BCUT2D eigenvalue weighted by molar-refractivity contribution is 5.91. The van der Waals surface area contributed by atoms with Gasteiger partial charge in [-0.15, -0.1) is 0 Å². The van der Waals surface area contributed by atoms with E-state index in [1.54, 1.807) is 0 Å². The third-order valence-electron chi connectivity index (χ3n) is 3.47. The number of hydrogen-bond acceptors (Lipinski definition) is 6. The Balaban J connectivity index is 1.74. The second kappa shape index (κ2) is 7.79. The van der Waals surface area contributed by atoms with Crippen LogP contribution >= 0.6 is 0 Å². The minimum Gasteiger partial charge on any atom is -0.466 e. The molecule has 0 N–H and O–H groups in total. The van der Waals surface area contributed by atoms with Crippen LogP contribution in [-0.4, -0.2) is 42.9 Å². The van der Waals surface area contributed by atoms with Crippen molar-refractivity contribution in [3.05, 3.63) is 36.2 Å². The van der Waals surface area contributed by atoms with Crippen molar-refractivity contribution in [2.45, 2.75) is 38.5 Å². The topological polar surface area (TPSA) is 65.1 Å². The Labute approximate surface area is 130 Å². The third-order valence-corrected chi connectivity index (χ3v) is 3.47. The van der Waals surface area contributed by atoms with E-state index in [-0.39, 0.29) is 18.9 Å². The number of carbonyl (C=O) groups is 2. The van der Waals surface area contributed by atoms with Crippen LogP contribution in [0, 0.1) is 0 Å². The normalized spacial score (nSPS) is 24.5. The van der Waals surface area contributed by atoms with Gasteiger partial charge >= 0.3 is 11.9 Å². The maximum Gasteiger partial charge on any atom is 0.331 e. The molecule has 2 aliphatic heterocycles. The van der Waals surface area contributed by atoms with Crippen molar-refractivity contribution in [1.82, 2.24) is 4.90 Å². The molecule has 1 saturated heterocycles. The van der Waals surface area contributed by atoms with Crippen molar-refractivity contribution in [3.8, 4) is 0 Å². The Morgan fingerprint density at radius 3 is 2.86 bits per heavy atom. The van der Waals surface area contributed by atoms with Crippen LogP contribution in [0.25, 0.3) is 0 Å². The Hall–Kier alpha value is -2.08. The zero-order valence-corrected chi connectivity index (χ0v) is 12.9. The molecule has 0 amide bonds. The van der Waals surface area contributed by atoms with E-state index in [2.05, 4.69) is 28.8 Å². The first-order valence-corrected chi connectivity index (χ1v) is 7.28. The van der Waals surface area contributed by atoms with Crippen molar-refractivity contribution in [3.63, 3.8) is 0 Å². The van der Waals surface area contributed by atoms with Gasteiger partial charge in [-0.2, -0.15) is 0 Å². The van der Waals surface area contributed by atoms with Crippen LogP contribution in [0.1, 0.15) is 26.2 Å². The highest BCUT2D eigenvalue weighted by atomic mass is 16.6. The molecule has 6 nitrogen and oxygen atoms in total. The van der Waals surface area contributed by atoms with Crippen molar-refractivity contribution < 1.29 is 23.8 Å². The molecule has 1 fully saturated rings. The lowest BCUT2D eigenvalue weighted by atomic mass is 10.2. The van der Waals surface area contributed by atoms with Crippen molar-refractivity contribution in [1.29, 1.82) is 0 Å². The molecule has 0 saturated carbocycles. The van der Waals surface area contributed by atoms with Gasteiger partial charge in [-0.05, 0) is 26.2 Å². The van der Waals surface area contributed by atoms with Gasteiger partial charge in [0, 0.05) is 24.6 Å². The summed E-state index contributed by atoms with van der Waals surface area (Å²) in [4.78, 5) is 24.4. The molecular formula is C16H21NO5. The summed E-state index contributed by atoms with van der Waals surface area (Å²) >= 11 is 0. The van der Waals surface area contributed by atoms with Crippen molar-refractivity contribution in [2.75, 3.05) is 13.7 Å². The molecule has 0 aromatic heterocycles. The molecular weight excluding hydrogens is 286 g/mol. The average Bonchev–Trinajstić information content (AvgIpc) is 2.99. The van der Waals surface area contributed by atoms with Gasteiger partial charge in [0.2, 0.25) is 0 Å². The standard InChI is InChI=1S/C16H21NO5/c1-12-4-3-9-17(10-12)14-6-5-13(22-14)11-21-16(19)8-7-15(18)20-2/h3,7-10,13-14H,4-6,11H2,1-2H3/b8-7+. The fourth-order valence-electron chi connectivity index (χ4n) is 2.35. The van der Waals surface area contributed by atoms with E-state index in [1.807, 2.05) is 6.20 Å². The maximum atomic E-state index is 11.4. The molecule has 2 aliphatic rings. The summed E-state index contributed by atoms with van der Waals surface area (Å²) in [5.41, 5.74) is 1.29. The number of rotatable bonds is 5. The second-order valence-electron chi connectivity index (χ2n) is 5.29. The molecule has 2 rings (SSSR count). The smallest absolute Gasteiger partial charge is 0.331 e. The van der Waals surface area contributed by atoms with Gasteiger partial charge in [0.05, 0.1) is 13.2 Å². The maximum absolute atomic E-state index is 11.4. The highest BCUT2D eigenvalue weighted by Crippen LogP contribution is 2.26. The molecule has 0 aliphatic carbocycles. The monoisotopic (exact) mass is 307 g/mol. The third kappa shape index (κ3) is 4.73. The average molecular weight is 307 g/mol. The fourth-order valence-corrected chi connectivity index (χ4v) is 2.35. The number of esters is 2. The molecule has 0 aromatic carbocycles. The first-order chi connectivity index (χ1) is 10.6. The zero-order valence-electron chi connectivity index (χ0n) is 12.9. The number of allylic oxidation sites excluding steroid dienone is 2. The molecule has 0 bridgehead atoms. The number of hydrogen-bond donors (Lipinski definition) is 0. The highest BCUT2D eigenvalue weighted by Gasteiger charge is 2.29. The SMILES string of the molecule is COC(=O)/C=C/C(=O)OCC1CCC(N2C=CCC(C)=C2)O1. The van der Waals surface area contributed by atoms with Gasteiger partial charge in [-0.3, -0.25) is 0 Å². The van der Waals surface area contributed by atoms with E-state index >= 15 is 0 Å². The first kappa shape index (κ1) is 16.3. The lowest BCUT2D eigenvalue weighted by Crippen LogP contribution is -2.29. The predicted octanol–water partition coefficient (Wildman–Crippen LogP) is 1.89. The van der Waals surface area contributed by atoms with E-state index in [0.29, 0.717) is 0 Å². The molecule has 22 heavy (non-hydrogen) atoms. The van der Waals surface area contributed by atoms with E-state index in [4.69, 9.17) is 9.47 Å². The molecule has 2 unspecified atom stereocenters. The van der Waals surface area contributed by atoms with Crippen LogP contribution in [0.15, 0.2) is 36.2 Å². The largest absolute Gasteiger partial charge is 0.466 e. The van der Waals surface area contributed by atoms with Crippen LogP contribution in [0.5, 0.6) is 0 Å². The summed E-state index contributed by atoms with van der Waals surface area (Å²) in [5.74, 6) is -1.17. The quantitative estimate of drug-likeness (QED) is 0.571. The molecule has 2 atom stereocenters. The lowest BCUT2D eigenvalue weighted by Gasteiger charge is -2.26. The van der Waals surface area contributed by atoms with Crippen LogP contribution in [-0.2, 0) is 23.8 Å². The number of nitrogens with zero attached hydrogens (tertiary/aromatic N) is 1.